The average molecular weight is 510 g/mol. The first-order valence-corrected chi connectivity index (χ1v) is 11.5. The van der Waals surface area contributed by atoms with Gasteiger partial charge in [0.25, 0.3) is 5.91 Å². The van der Waals surface area contributed by atoms with E-state index in [1.165, 1.54) is 13.3 Å². The standard InChI is InChI=1S/C25H23BClF2N5O2/c1-13-8-17(23-30-12-31-34(23)4)16-6-5-7-21(22(16)32-13)36-11-18-19(9-15(29)10-20(18)27)25(3,26)33-24(35)14(2)28/h5-10,12,14H,11H2,1-4H3,(H,33,35)/t14-,25-/m0/s1. The van der Waals surface area contributed by atoms with Crippen molar-refractivity contribution < 1.29 is 18.3 Å². The van der Waals surface area contributed by atoms with Crippen LogP contribution in [0.3, 0.4) is 0 Å². The Morgan fingerprint density at radius 3 is 2.75 bits per heavy atom. The molecule has 7 nitrogen and oxygen atoms in total. The second-order valence-corrected chi connectivity index (χ2v) is 9.09. The molecule has 2 radical (unpaired) electrons. The van der Waals surface area contributed by atoms with Crippen LogP contribution in [-0.2, 0) is 23.9 Å². The van der Waals surface area contributed by atoms with Gasteiger partial charge in [0, 0.05) is 34.7 Å². The Morgan fingerprint density at radius 2 is 2.08 bits per heavy atom. The Kier molecular flexibility index (Phi) is 7.00. The molecule has 4 rings (SSSR count). The van der Waals surface area contributed by atoms with Crippen LogP contribution in [0.2, 0.25) is 5.02 Å². The van der Waals surface area contributed by atoms with Crippen LogP contribution in [0, 0.1) is 12.7 Å². The van der Waals surface area contributed by atoms with Gasteiger partial charge in [-0.3, -0.25) is 4.79 Å². The largest absolute Gasteiger partial charge is 0.487 e. The number of pyridine rings is 1. The first-order chi connectivity index (χ1) is 17.0. The number of carbonyl (C=O) groups excluding carboxylic acids is 1. The number of aryl methyl sites for hydroxylation is 2. The van der Waals surface area contributed by atoms with Crippen LogP contribution in [0.15, 0.2) is 42.7 Å². The lowest BCUT2D eigenvalue weighted by Crippen LogP contribution is -2.47. The van der Waals surface area contributed by atoms with Crippen LogP contribution < -0.4 is 10.1 Å². The molecule has 2 aromatic carbocycles. The fourth-order valence-electron chi connectivity index (χ4n) is 3.98. The maximum atomic E-state index is 14.3. The van der Waals surface area contributed by atoms with Gasteiger partial charge >= 0.3 is 0 Å². The van der Waals surface area contributed by atoms with Crippen molar-refractivity contribution in [2.45, 2.75) is 39.0 Å². The molecule has 0 bridgehead atoms. The Labute approximate surface area is 213 Å². The summed E-state index contributed by atoms with van der Waals surface area (Å²) in [4.78, 5) is 21.0. The van der Waals surface area contributed by atoms with Crippen LogP contribution >= 0.6 is 11.6 Å². The van der Waals surface area contributed by atoms with Crippen molar-refractivity contribution in [3.8, 4) is 17.1 Å². The average Bonchev–Trinajstić information content (AvgIpc) is 3.22. The number of amides is 1. The van der Waals surface area contributed by atoms with Crippen molar-refractivity contribution in [1.29, 1.82) is 0 Å². The van der Waals surface area contributed by atoms with Crippen molar-refractivity contribution in [3.63, 3.8) is 0 Å². The van der Waals surface area contributed by atoms with E-state index in [1.807, 2.05) is 25.1 Å². The van der Waals surface area contributed by atoms with Crippen LogP contribution in [0.5, 0.6) is 5.75 Å². The van der Waals surface area contributed by atoms with Gasteiger partial charge in [0.1, 0.15) is 37.9 Å². The van der Waals surface area contributed by atoms with E-state index in [0.717, 1.165) is 35.7 Å². The highest BCUT2D eigenvalue weighted by atomic mass is 35.5. The van der Waals surface area contributed by atoms with E-state index in [2.05, 4.69) is 20.4 Å². The SMILES string of the molecule is [B][C@@](C)(NC(=O)[C@H](C)F)c1cc(F)cc(Cl)c1COc1cccc2c(-c3ncnn3C)cc(C)nc12. The van der Waals surface area contributed by atoms with Gasteiger partial charge in [-0.2, -0.15) is 5.10 Å². The van der Waals surface area contributed by atoms with E-state index in [9.17, 15) is 13.6 Å². The fraction of sp³-hybridized carbons (Fsp3) is 0.280. The van der Waals surface area contributed by atoms with Gasteiger partial charge < -0.3 is 10.1 Å². The summed E-state index contributed by atoms with van der Waals surface area (Å²) in [7, 11) is 8.08. The minimum absolute atomic E-state index is 0.0494. The molecule has 36 heavy (non-hydrogen) atoms. The van der Waals surface area contributed by atoms with Crippen molar-refractivity contribution in [2.75, 3.05) is 0 Å². The summed E-state index contributed by atoms with van der Waals surface area (Å²) >= 11 is 6.36. The van der Waals surface area contributed by atoms with Gasteiger partial charge in [0.2, 0.25) is 0 Å². The lowest BCUT2D eigenvalue weighted by molar-refractivity contribution is -0.126. The second kappa shape index (κ2) is 9.85. The molecule has 1 amide bonds. The third kappa shape index (κ3) is 5.04. The molecule has 0 saturated carbocycles. The number of fused-ring (bicyclic) bond motifs is 1. The van der Waals surface area contributed by atoms with E-state index in [-0.39, 0.29) is 17.2 Å². The summed E-state index contributed by atoms with van der Waals surface area (Å²) in [5, 5.41) is 7.39. The normalized spacial score (nSPS) is 13.9. The monoisotopic (exact) mass is 509 g/mol. The zero-order chi connectivity index (χ0) is 26.2. The number of aromatic nitrogens is 4. The van der Waals surface area contributed by atoms with Crippen molar-refractivity contribution >= 4 is 36.3 Å². The predicted molar refractivity (Wildman–Crippen MR) is 134 cm³/mol. The summed E-state index contributed by atoms with van der Waals surface area (Å²) < 4.78 is 35.6. The van der Waals surface area contributed by atoms with Crippen LogP contribution in [-0.4, -0.2) is 39.7 Å². The summed E-state index contributed by atoms with van der Waals surface area (Å²) in [6, 6.07) is 9.65. The maximum Gasteiger partial charge on any atom is 0.254 e. The molecule has 0 unspecified atom stereocenters. The summed E-state index contributed by atoms with van der Waals surface area (Å²) in [5.41, 5.74) is 1.05. The van der Waals surface area contributed by atoms with Crippen molar-refractivity contribution in [1.82, 2.24) is 25.1 Å². The van der Waals surface area contributed by atoms with Gasteiger partial charge in [-0.1, -0.05) is 23.7 Å². The highest BCUT2D eigenvalue weighted by molar-refractivity contribution is 6.31. The summed E-state index contributed by atoms with van der Waals surface area (Å²) in [6.07, 6.45) is -0.327. The molecule has 1 N–H and O–H groups in total. The molecule has 0 aliphatic heterocycles. The number of hydrogen-bond acceptors (Lipinski definition) is 5. The first-order valence-electron chi connectivity index (χ1n) is 11.1. The number of para-hydroxylation sites is 1. The Bertz CT molecular complexity index is 1460. The summed E-state index contributed by atoms with van der Waals surface area (Å²) in [5.74, 6) is -0.472. The number of rotatable bonds is 7. The molecule has 2 heterocycles. The molecule has 0 saturated heterocycles. The lowest BCUT2D eigenvalue weighted by Gasteiger charge is -2.31. The third-order valence-corrected chi connectivity index (χ3v) is 6.06. The van der Waals surface area contributed by atoms with E-state index in [0.29, 0.717) is 22.7 Å². The number of nitrogens with one attached hydrogen (secondary N) is 1. The highest BCUT2D eigenvalue weighted by Gasteiger charge is 2.29. The molecule has 2 atom stereocenters. The van der Waals surface area contributed by atoms with Crippen LogP contribution in [0.25, 0.3) is 22.3 Å². The molecule has 2 aromatic heterocycles. The Morgan fingerprint density at radius 1 is 1.33 bits per heavy atom. The molecule has 11 heteroatoms. The van der Waals surface area contributed by atoms with E-state index in [4.69, 9.17) is 24.2 Å². The predicted octanol–water partition coefficient (Wildman–Crippen LogP) is 4.53. The van der Waals surface area contributed by atoms with Crippen molar-refractivity contribution in [2.24, 2.45) is 7.05 Å². The third-order valence-electron chi connectivity index (χ3n) is 5.72. The van der Waals surface area contributed by atoms with Gasteiger partial charge in [-0.05, 0) is 50.6 Å². The number of halogens is 3. The molecule has 4 aromatic rings. The number of ether oxygens (including phenoxy) is 1. The van der Waals surface area contributed by atoms with E-state index in [1.54, 1.807) is 17.8 Å². The Hall–Kier alpha value is -3.53. The molecular weight excluding hydrogens is 487 g/mol. The quantitative estimate of drug-likeness (QED) is 0.370. The number of hydrogen-bond donors (Lipinski definition) is 1. The summed E-state index contributed by atoms with van der Waals surface area (Å²) in [6.45, 7) is 4.26. The van der Waals surface area contributed by atoms with Gasteiger partial charge in [0.05, 0.1) is 5.02 Å². The molecule has 184 valence electrons. The number of alkyl halides is 1. The van der Waals surface area contributed by atoms with Crippen LogP contribution in [0.4, 0.5) is 8.78 Å². The smallest absolute Gasteiger partial charge is 0.254 e. The molecule has 0 spiro atoms. The number of benzene rings is 2. The van der Waals surface area contributed by atoms with Crippen molar-refractivity contribution in [3.05, 3.63) is 70.4 Å². The zero-order valence-corrected chi connectivity index (χ0v) is 20.9. The van der Waals surface area contributed by atoms with Gasteiger partial charge in [0.15, 0.2) is 12.0 Å². The number of nitrogens with zero attached hydrogens (tertiary/aromatic N) is 4. The van der Waals surface area contributed by atoms with Gasteiger partial charge in [-0.25, -0.2) is 23.4 Å². The molecule has 0 aliphatic rings. The Balaban J connectivity index is 1.74. The molecular formula is C25H23BClF2N5O2. The zero-order valence-electron chi connectivity index (χ0n) is 20.1. The second-order valence-electron chi connectivity index (χ2n) is 8.68. The molecule has 0 aliphatic carbocycles. The van der Waals surface area contributed by atoms with Gasteiger partial charge in [-0.15, -0.1) is 0 Å². The minimum Gasteiger partial charge on any atom is -0.487 e. The van der Waals surface area contributed by atoms with E-state index >= 15 is 0 Å². The minimum atomic E-state index is -1.80. The highest BCUT2D eigenvalue weighted by Crippen LogP contribution is 2.34. The van der Waals surface area contributed by atoms with E-state index < -0.39 is 23.3 Å². The number of carbonyl (C=O) groups is 1. The lowest BCUT2D eigenvalue weighted by atomic mass is 9.72. The van der Waals surface area contributed by atoms with Crippen LogP contribution in [0.1, 0.15) is 30.7 Å². The first kappa shape index (κ1) is 25.6. The maximum absolute atomic E-state index is 14.3. The topological polar surface area (TPSA) is 81.9 Å². The molecule has 0 fully saturated rings. The fourth-order valence-corrected chi connectivity index (χ4v) is 4.24.